The summed E-state index contributed by atoms with van der Waals surface area (Å²) in [5, 5.41) is 21.5. The van der Waals surface area contributed by atoms with Gasteiger partial charge in [0.1, 0.15) is 5.82 Å². The van der Waals surface area contributed by atoms with E-state index < -0.39 is 10.8 Å². The van der Waals surface area contributed by atoms with Gasteiger partial charge in [-0.25, -0.2) is 0 Å². The van der Waals surface area contributed by atoms with Gasteiger partial charge in [0, 0.05) is 40.5 Å². The minimum Gasteiger partial charge on any atom is -0.384 e. The van der Waals surface area contributed by atoms with Gasteiger partial charge in [0.2, 0.25) is 0 Å². The van der Waals surface area contributed by atoms with E-state index in [9.17, 15) is 20.2 Å². The van der Waals surface area contributed by atoms with Crippen LogP contribution in [0.1, 0.15) is 30.7 Å². The van der Waals surface area contributed by atoms with Crippen molar-refractivity contribution in [2.75, 3.05) is 4.90 Å². The van der Waals surface area contributed by atoms with Gasteiger partial charge in [-0.15, -0.1) is 0 Å². The van der Waals surface area contributed by atoms with Gasteiger partial charge in [-0.1, -0.05) is 23.7 Å². The lowest BCUT2D eigenvalue weighted by Gasteiger charge is -2.39. The number of allylic oxidation sites excluding steroid dienone is 3. The summed E-state index contributed by atoms with van der Waals surface area (Å²) < 4.78 is 0. The summed E-state index contributed by atoms with van der Waals surface area (Å²) in [6.07, 6.45) is 1.68. The number of hydrogen-bond acceptors (Lipinski definition) is 6. The van der Waals surface area contributed by atoms with Crippen LogP contribution in [0.3, 0.4) is 0 Å². The normalized spacial score (nSPS) is 18.9. The highest BCUT2D eigenvalue weighted by Crippen LogP contribution is 2.46. The van der Waals surface area contributed by atoms with E-state index in [4.69, 9.17) is 17.3 Å². The molecule has 30 heavy (non-hydrogen) atoms. The molecule has 2 aliphatic rings. The Morgan fingerprint density at radius 3 is 2.40 bits per heavy atom. The van der Waals surface area contributed by atoms with Crippen LogP contribution in [-0.2, 0) is 4.79 Å². The topological polar surface area (TPSA) is 113 Å². The predicted octanol–water partition coefficient (Wildman–Crippen LogP) is 4.55. The fourth-order valence-corrected chi connectivity index (χ4v) is 4.22. The number of nitrogens with zero attached hydrogens (tertiary/aromatic N) is 3. The highest BCUT2D eigenvalue weighted by molar-refractivity contribution is 6.30. The van der Waals surface area contributed by atoms with Crippen LogP contribution in [0.2, 0.25) is 5.02 Å². The zero-order valence-electron chi connectivity index (χ0n) is 15.8. The van der Waals surface area contributed by atoms with Crippen molar-refractivity contribution in [2.45, 2.75) is 25.2 Å². The lowest BCUT2D eigenvalue weighted by atomic mass is 9.75. The third-order valence-corrected chi connectivity index (χ3v) is 5.69. The van der Waals surface area contributed by atoms with Gasteiger partial charge in [-0.05, 0) is 42.7 Å². The molecule has 7 nitrogen and oxygen atoms in total. The summed E-state index contributed by atoms with van der Waals surface area (Å²) in [4.78, 5) is 25.2. The number of halogens is 1. The average Bonchev–Trinajstić information content (AvgIpc) is 2.74. The number of carbonyl (C=O) groups is 1. The van der Waals surface area contributed by atoms with Crippen LogP contribution in [0.15, 0.2) is 71.2 Å². The predicted molar refractivity (Wildman–Crippen MR) is 112 cm³/mol. The number of ketones is 1. The Morgan fingerprint density at radius 2 is 1.80 bits per heavy atom. The Morgan fingerprint density at radius 1 is 1.13 bits per heavy atom. The highest BCUT2D eigenvalue weighted by atomic mass is 35.5. The van der Waals surface area contributed by atoms with Crippen molar-refractivity contribution in [1.29, 1.82) is 5.26 Å². The zero-order valence-corrected chi connectivity index (χ0v) is 16.6. The van der Waals surface area contributed by atoms with Crippen LogP contribution in [0, 0.1) is 21.4 Å². The lowest BCUT2D eigenvalue weighted by molar-refractivity contribution is -0.384. The van der Waals surface area contributed by atoms with E-state index in [0.717, 1.165) is 11.3 Å². The molecular formula is C22H17ClN4O3. The second kappa shape index (κ2) is 7.65. The summed E-state index contributed by atoms with van der Waals surface area (Å²) in [5.74, 6) is -0.368. The fraction of sp³-hybridized carbons (Fsp3) is 0.182. The van der Waals surface area contributed by atoms with Crippen molar-refractivity contribution >= 4 is 28.8 Å². The maximum atomic E-state index is 13.0. The standard InChI is InChI=1S/C22H17ClN4O3/c23-14-6-4-13(5-7-14)20-17(12-24)22(25)26(18-2-1-3-19(28)21(18)20)15-8-10-16(11-9-15)27(29)30/h4-11,20H,1-3,25H2/t20-/m1/s1. The Labute approximate surface area is 177 Å². The molecule has 0 bridgehead atoms. The monoisotopic (exact) mass is 420 g/mol. The Kier molecular flexibility index (Phi) is 5.02. The number of hydrogen-bond donors (Lipinski definition) is 1. The second-order valence-corrected chi connectivity index (χ2v) is 7.58. The van der Waals surface area contributed by atoms with Gasteiger partial charge in [0.25, 0.3) is 5.69 Å². The first-order valence-electron chi connectivity index (χ1n) is 9.38. The largest absolute Gasteiger partial charge is 0.384 e. The molecular weight excluding hydrogens is 404 g/mol. The van der Waals surface area contributed by atoms with Gasteiger partial charge < -0.3 is 5.73 Å². The molecule has 1 heterocycles. The minimum absolute atomic E-state index is 0.0247. The van der Waals surface area contributed by atoms with Gasteiger partial charge in [-0.2, -0.15) is 5.26 Å². The van der Waals surface area contributed by atoms with E-state index in [-0.39, 0.29) is 22.9 Å². The van der Waals surface area contributed by atoms with E-state index in [1.165, 1.54) is 12.1 Å². The first-order valence-corrected chi connectivity index (χ1v) is 9.76. The Bertz CT molecular complexity index is 1140. The van der Waals surface area contributed by atoms with Crippen LogP contribution >= 0.6 is 11.6 Å². The van der Waals surface area contributed by atoms with Gasteiger partial charge in [0.15, 0.2) is 5.78 Å². The van der Waals surface area contributed by atoms with Crippen molar-refractivity contribution in [3.8, 4) is 6.07 Å². The van der Waals surface area contributed by atoms with Crippen LogP contribution in [0.5, 0.6) is 0 Å². The molecule has 0 fully saturated rings. The number of nitro benzene ring substituents is 1. The quantitative estimate of drug-likeness (QED) is 0.575. The van der Waals surface area contributed by atoms with Crippen LogP contribution < -0.4 is 10.6 Å². The summed E-state index contributed by atoms with van der Waals surface area (Å²) in [6.45, 7) is 0. The van der Waals surface area contributed by atoms with Gasteiger partial charge >= 0.3 is 0 Å². The fourth-order valence-electron chi connectivity index (χ4n) is 4.09. The molecule has 0 spiro atoms. The number of nitro groups is 1. The van der Waals surface area contributed by atoms with E-state index in [1.54, 1.807) is 41.3 Å². The molecule has 0 aromatic heterocycles. The van der Waals surface area contributed by atoms with Crippen molar-refractivity contribution < 1.29 is 9.72 Å². The van der Waals surface area contributed by atoms with Crippen molar-refractivity contribution in [2.24, 2.45) is 5.73 Å². The number of benzene rings is 2. The third kappa shape index (κ3) is 3.21. The summed E-state index contributed by atoms with van der Waals surface area (Å²) >= 11 is 6.02. The molecule has 0 saturated carbocycles. The van der Waals surface area contributed by atoms with Crippen LogP contribution in [0.4, 0.5) is 11.4 Å². The van der Waals surface area contributed by atoms with E-state index in [1.807, 2.05) is 0 Å². The van der Waals surface area contributed by atoms with Crippen molar-refractivity contribution in [3.63, 3.8) is 0 Å². The number of nitrogens with two attached hydrogens (primary N) is 1. The maximum Gasteiger partial charge on any atom is 0.269 e. The second-order valence-electron chi connectivity index (χ2n) is 7.14. The van der Waals surface area contributed by atoms with Crippen LogP contribution in [-0.4, -0.2) is 10.7 Å². The molecule has 1 aliphatic heterocycles. The SMILES string of the molecule is N#CC1=C(N)N(c2ccc([N+](=O)[O-])cc2)C2=C(C(=O)CCC2)[C@@H]1c1ccc(Cl)cc1. The van der Waals surface area contributed by atoms with Gasteiger partial charge in [-0.3, -0.25) is 19.8 Å². The molecule has 4 rings (SSSR count). The molecule has 1 atom stereocenters. The number of Topliss-reactive ketones (excluding diaryl/α,β-unsaturated/α-hetero) is 1. The molecule has 150 valence electrons. The van der Waals surface area contributed by atoms with Crippen molar-refractivity contribution in [1.82, 2.24) is 0 Å². The summed E-state index contributed by atoms with van der Waals surface area (Å²) in [6, 6.07) is 15.1. The number of non-ortho nitro benzene ring substituents is 1. The summed E-state index contributed by atoms with van der Waals surface area (Å²) in [5.41, 5.74) is 9.29. The zero-order chi connectivity index (χ0) is 21.4. The van der Waals surface area contributed by atoms with Gasteiger partial charge in [0.05, 0.1) is 22.5 Å². The van der Waals surface area contributed by atoms with E-state index >= 15 is 0 Å². The lowest BCUT2D eigenvalue weighted by Crippen LogP contribution is -2.38. The molecule has 2 N–H and O–H groups in total. The number of rotatable bonds is 3. The van der Waals surface area contributed by atoms with E-state index in [2.05, 4.69) is 6.07 Å². The number of carbonyl (C=O) groups excluding carboxylic acids is 1. The minimum atomic E-state index is -0.565. The summed E-state index contributed by atoms with van der Waals surface area (Å²) in [7, 11) is 0. The molecule has 0 unspecified atom stereocenters. The Balaban J connectivity index is 1.91. The van der Waals surface area contributed by atoms with Crippen molar-refractivity contribution in [3.05, 3.63) is 91.9 Å². The van der Waals surface area contributed by atoms with Crippen LogP contribution in [0.25, 0.3) is 0 Å². The molecule has 0 radical (unpaired) electrons. The molecule has 0 saturated heterocycles. The average molecular weight is 421 g/mol. The molecule has 1 aliphatic carbocycles. The Hall–Kier alpha value is -3.63. The molecule has 0 amide bonds. The highest BCUT2D eigenvalue weighted by Gasteiger charge is 2.40. The number of anilines is 1. The van der Waals surface area contributed by atoms with E-state index in [0.29, 0.717) is 35.5 Å². The third-order valence-electron chi connectivity index (χ3n) is 5.44. The smallest absolute Gasteiger partial charge is 0.269 e. The molecule has 8 heteroatoms. The molecule has 2 aromatic carbocycles. The molecule has 2 aromatic rings. The maximum absolute atomic E-state index is 13.0. The first kappa shape index (κ1) is 19.7. The first-order chi connectivity index (χ1) is 14.4. The number of nitriles is 1.